The Morgan fingerprint density at radius 2 is 2.08 bits per heavy atom. The van der Waals surface area contributed by atoms with Gasteiger partial charge in [-0.3, -0.25) is 0 Å². The Hall–Kier alpha value is -2.80. The molecule has 0 amide bonds. The fourth-order valence-electron chi connectivity index (χ4n) is 2.19. The Morgan fingerprint density at radius 3 is 2.69 bits per heavy atom. The lowest BCUT2D eigenvalue weighted by Gasteiger charge is -2.14. The van der Waals surface area contributed by atoms with Gasteiger partial charge in [0, 0.05) is 5.69 Å². The van der Waals surface area contributed by atoms with Gasteiger partial charge in [-0.1, -0.05) is 16.9 Å². The number of furan rings is 1. The van der Waals surface area contributed by atoms with Crippen molar-refractivity contribution in [1.29, 1.82) is 5.26 Å². The van der Waals surface area contributed by atoms with Crippen molar-refractivity contribution in [2.45, 2.75) is 30.3 Å². The van der Waals surface area contributed by atoms with Crippen LogP contribution in [-0.4, -0.2) is 15.1 Å². The first-order chi connectivity index (χ1) is 12.3. The third kappa shape index (κ3) is 3.57. The lowest BCUT2D eigenvalue weighted by molar-refractivity contribution is -0.138. The van der Waals surface area contributed by atoms with E-state index in [-0.39, 0.29) is 22.4 Å². The second kappa shape index (κ2) is 6.84. The zero-order chi connectivity index (χ0) is 18.9. The maximum absolute atomic E-state index is 13.2. The van der Waals surface area contributed by atoms with E-state index in [2.05, 4.69) is 15.1 Å². The SMILES string of the molecule is Cc1cc(C(F)(F)F)c(C#N)c(SC(C)c2nc(-c3ccco3)no2)n1. The Balaban J connectivity index is 1.91. The van der Waals surface area contributed by atoms with Crippen molar-refractivity contribution in [2.24, 2.45) is 0 Å². The molecule has 0 radical (unpaired) electrons. The number of hydrogen-bond acceptors (Lipinski definition) is 7. The van der Waals surface area contributed by atoms with Crippen LogP contribution in [0.3, 0.4) is 0 Å². The molecule has 3 rings (SSSR count). The average molecular weight is 380 g/mol. The molecule has 1 unspecified atom stereocenters. The lowest BCUT2D eigenvalue weighted by atomic mass is 10.1. The average Bonchev–Trinajstić information content (AvgIpc) is 3.24. The number of aromatic nitrogens is 3. The summed E-state index contributed by atoms with van der Waals surface area (Å²) in [6.07, 6.45) is -3.19. The quantitative estimate of drug-likeness (QED) is 0.602. The number of rotatable bonds is 4. The van der Waals surface area contributed by atoms with E-state index in [1.54, 1.807) is 25.1 Å². The number of nitriles is 1. The van der Waals surface area contributed by atoms with Gasteiger partial charge in [0.25, 0.3) is 0 Å². The second-order valence-corrected chi connectivity index (χ2v) is 6.62. The summed E-state index contributed by atoms with van der Waals surface area (Å²) in [5.74, 6) is 0.816. The number of halogens is 3. The molecule has 0 spiro atoms. The van der Waals surface area contributed by atoms with Crippen molar-refractivity contribution < 1.29 is 22.1 Å². The summed E-state index contributed by atoms with van der Waals surface area (Å²) in [6.45, 7) is 3.11. The maximum Gasteiger partial charge on any atom is 0.417 e. The van der Waals surface area contributed by atoms with Gasteiger partial charge in [0.15, 0.2) is 5.76 Å². The van der Waals surface area contributed by atoms with Gasteiger partial charge >= 0.3 is 6.18 Å². The third-order valence-corrected chi connectivity index (χ3v) is 4.42. The minimum atomic E-state index is -4.64. The molecule has 0 N–H and O–H groups in total. The van der Waals surface area contributed by atoms with Crippen LogP contribution in [0, 0.1) is 18.3 Å². The van der Waals surface area contributed by atoms with Crippen LogP contribution in [0.1, 0.15) is 34.9 Å². The lowest BCUT2D eigenvalue weighted by Crippen LogP contribution is -2.11. The predicted octanol–water partition coefficient (Wildman–Crippen LogP) is 4.78. The monoisotopic (exact) mass is 380 g/mol. The first kappa shape index (κ1) is 18.0. The van der Waals surface area contributed by atoms with E-state index in [9.17, 15) is 18.4 Å². The standard InChI is InChI=1S/C16H11F3N4O2S/c1-8-6-11(16(17,18)19)10(7-20)15(21-8)26-9(2)14-22-13(23-25-14)12-4-3-5-24-12/h3-6,9H,1-2H3. The van der Waals surface area contributed by atoms with Crippen LogP contribution in [0.4, 0.5) is 13.2 Å². The summed E-state index contributed by atoms with van der Waals surface area (Å²) in [5.41, 5.74) is -1.37. The van der Waals surface area contributed by atoms with Crippen molar-refractivity contribution in [3.05, 3.63) is 47.2 Å². The maximum atomic E-state index is 13.2. The smallest absolute Gasteiger partial charge is 0.417 e. The van der Waals surface area contributed by atoms with E-state index < -0.39 is 22.6 Å². The van der Waals surface area contributed by atoms with E-state index in [4.69, 9.17) is 8.94 Å². The van der Waals surface area contributed by atoms with Gasteiger partial charge in [0.2, 0.25) is 11.7 Å². The molecule has 0 bridgehead atoms. The Bertz CT molecular complexity index is 961. The fourth-order valence-corrected chi connectivity index (χ4v) is 3.19. The number of alkyl halides is 3. The summed E-state index contributed by atoms with van der Waals surface area (Å²) in [7, 11) is 0. The number of nitrogens with zero attached hydrogens (tertiary/aromatic N) is 4. The van der Waals surface area contributed by atoms with E-state index in [1.807, 2.05) is 0 Å². The van der Waals surface area contributed by atoms with Crippen LogP contribution < -0.4 is 0 Å². The van der Waals surface area contributed by atoms with Gasteiger partial charge in [-0.25, -0.2) is 4.98 Å². The number of aryl methyl sites for hydroxylation is 1. The summed E-state index contributed by atoms with van der Waals surface area (Å²) in [6, 6.07) is 5.77. The van der Waals surface area contributed by atoms with Crippen LogP contribution in [0.5, 0.6) is 0 Å². The molecule has 6 nitrogen and oxygen atoms in total. The molecule has 0 aliphatic heterocycles. The van der Waals surface area contributed by atoms with Gasteiger partial charge in [-0.2, -0.15) is 23.4 Å². The molecule has 3 aromatic rings. The summed E-state index contributed by atoms with van der Waals surface area (Å²) < 4.78 is 49.8. The molecule has 0 aromatic carbocycles. The Kier molecular flexibility index (Phi) is 4.73. The number of thioether (sulfide) groups is 1. The molecular formula is C16H11F3N4O2S. The second-order valence-electron chi connectivity index (χ2n) is 5.29. The third-order valence-electron chi connectivity index (χ3n) is 3.35. The summed E-state index contributed by atoms with van der Waals surface area (Å²) >= 11 is 0.942. The molecule has 0 saturated carbocycles. The Morgan fingerprint density at radius 1 is 1.31 bits per heavy atom. The molecule has 1 atom stereocenters. The van der Waals surface area contributed by atoms with Gasteiger partial charge in [-0.05, 0) is 32.0 Å². The molecule has 0 aliphatic carbocycles. The van der Waals surface area contributed by atoms with Crippen LogP contribution >= 0.6 is 11.8 Å². The van der Waals surface area contributed by atoms with Crippen molar-refractivity contribution in [3.8, 4) is 17.7 Å². The molecule has 134 valence electrons. The highest BCUT2D eigenvalue weighted by molar-refractivity contribution is 7.99. The zero-order valence-electron chi connectivity index (χ0n) is 13.5. The first-order valence-electron chi connectivity index (χ1n) is 7.32. The molecule has 0 saturated heterocycles. The highest BCUT2D eigenvalue weighted by atomic mass is 32.2. The van der Waals surface area contributed by atoms with Crippen LogP contribution in [-0.2, 0) is 6.18 Å². The van der Waals surface area contributed by atoms with E-state index >= 15 is 0 Å². The van der Waals surface area contributed by atoms with Crippen molar-refractivity contribution in [1.82, 2.24) is 15.1 Å². The Labute approximate surface area is 150 Å². The molecule has 3 heterocycles. The van der Waals surface area contributed by atoms with Crippen LogP contribution in [0.25, 0.3) is 11.6 Å². The predicted molar refractivity (Wildman–Crippen MR) is 85.0 cm³/mol. The highest BCUT2D eigenvalue weighted by Gasteiger charge is 2.36. The number of hydrogen-bond donors (Lipinski definition) is 0. The van der Waals surface area contributed by atoms with Crippen LogP contribution in [0.15, 0.2) is 38.4 Å². The van der Waals surface area contributed by atoms with Crippen molar-refractivity contribution in [3.63, 3.8) is 0 Å². The van der Waals surface area contributed by atoms with Gasteiger partial charge in [0.05, 0.1) is 22.6 Å². The van der Waals surface area contributed by atoms with E-state index in [0.717, 1.165) is 17.8 Å². The van der Waals surface area contributed by atoms with Gasteiger partial charge in [0.1, 0.15) is 11.1 Å². The first-order valence-corrected chi connectivity index (χ1v) is 8.20. The highest BCUT2D eigenvalue weighted by Crippen LogP contribution is 2.40. The van der Waals surface area contributed by atoms with Gasteiger partial charge in [-0.15, -0.1) is 0 Å². The molecular weight excluding hydrogens is 369 g/mol. The fraction of sp³-hybridized carbons (Fsp3) is 0.250. The molecule has 10 heteroatoms. The zero-order valence-corrected chi connectivity index (χ0v) is 14.4. The molecule has 3 aromatic heterocycles. The van der Waals surface area contributed by atoms with Gasteiger partial charge < -0.3 is 8.94 Å². The van der Waals surface area contributed by atoms with Crippen molar-refractivity contribution >= 4 is 11.8 Å². The summed E-state index contributed by atoms with van der Waals surface area (Å²) in [4.78, 5) is 8.25. The largest absolute Gasteiger partial charge is 0.461 e. The minimum Gasteiger partial charge on any atom is -0.461 e. The minimum absolute atomic E-state index is 0.0370. The van der Waals surface area contributed by atoms with Crippen LogP contribution in [0.2, 0.25) is 0 Å². The van der Waals surface area contributed by atoms with Crippen molar-refractivity contribution in [2.75, 3.05) is 0 Å². The molecule has 26 heavy (non-hydrogen) atoms. The topological polar surface area (TPSA) is 88.7 Å². The van der Waals surface area contributed by atoms with E-state index in [0.29, 0.717) is 5.76 Å². The normalized spacial score (nSPS) is 12.8. The molecule has 0 fully saturated rings. The number of pyridine rings is 1. The molecule has 0 aliphatic rings. The summed E-state index contributed by atoms with van der Waals surface area (Å²) in [5, 5.41) is 12.4. The van der Waals surface area contributed by atoms with E-state index in [1.165, 1.54) is 13.2 Å².